The van der Waals surface area contributed by atoms with Crippen LogP contribution in [0, 0.1) is 25.7 Å². The number of hydrogen-bond donors (Lipinski definition) is 1. The number of nitrogens with one attached hydrogen (secondary N) is 1. The molecule has 1 aromatic carbocycles. The molecule has 31 heavy (non-hydrogen) atoms. The fourth-order valence-corrected chi connectivity index (χ4v) is 4.52. The van der Waals surface area contributed by atoms with Gasteiger partial charge in [-0.1, -0.05) is 6.07 Å². The van der Waals surface area contributed by atoms with Crippen LogP contribution in [-0.2, 0) is 9.53 Å². The standard InChI is InChI=1S/C25H41N3O3/c1-18-19(2)24(31-12-7-6-11-27(4)5)9-8-23(18)20(3)28-15-21(16-28)14-26-25(29)22-10-13-30-17-22/h8-9,20-22H,6-7,10-17H2,1-5H3,(H,26,29). The summed E-state index contributed by atoms with van der Waals surface area (Å²) in [4.78, 5) is 16.9. The Balaban J connectivity index is 1.43. The summed E-state index contributed by atoms with van der Waals surface area (Å²) in [7, 11) is 4.22. The van der Waals surface area contributed by atoms with E-state index < -0.39 is 0 Å². The van der Waals surface area contributed by atoms with Crippen molar-refractivity contribution in [3.8, 4) is 5.75 Å². The Labute approximate surface area is 188 Å². The van der Waals surface area contributed by atoms with Crippen LogP contribution in [0.3, 0.4) is 0 Å². The highest BCUT2D eigenvalue weighted by Crippen LogP contribution is 2.34. The molecular weight excluding hydrogens is 390 g/mol. The van der Waals surface area contributed by atoms with Gasteiger partial charge in [0.05, 0.1) is 19.1 Å². The van der Waals surface area contributed by atoms with Crippen LogP contribution in [0.25, 0.3) is 0 Å². The lowest BCUT2D eigenvalue weighted by Gasteiger charge is -2.44. The molecule has 3 rings (SSSR count). The van der Waals surface area contributed by atoms with E-state index in [1.165, 1.54) is 16.7 Å². The zero-order chi connectivity index (χ0) is 22.4. The highest BCUT2D eigenvalue weighted by Gasteiger charge is 2.32. The fraction of sp³-hybridized carbons (Fsp3) is 0.720. The topological polar surface area (TPSA) is 54.0 Å². The number of carbonyl (C=O) groups is 1. The second-order valence-electron chi connectivity index (χ2n) is 9.56. The summed E-state index contributed by atoms with van der Waals surface area (Å²) in [5.41, 5.74) is 3.96. The summed E-state index contributed by atoms with van der Waals surface area (Å²) in [6, 6.07) is 4.75. The smallest absolute Gasteiger partial charge is 0.225 e. The van der Waals surface area contributed by atoms with Gasteiger partial charge in [0.15, 0.2) is 0 Å². The average molecular weight is 432 g/mol. The number of ether oxygens (including phenoxy) is 2. The van der Waals surface area contributed by atoms with Crippen molar-refractivity contribution in [2.75, 3.05) is 60.1 Å². The third kappa shape index (κ3) is 6.43. The molecule has 2 aliphatic rings. The van der Waals surface area contributed by atoms with E-state index in [2.05, 4.69) is 62.1 Å². The molecule has 0 saturated carbocycles. The zero-order valence-electron chi connectivity index (χ0n) is 20.1. The molecule has 1 N–H and O–H groups in total. The van der Waals surface area contributed by atoms with Crippen molar-refractivity contribution >= 4 is 5.91 Å². The molecule has 0 bridgehead atoms. The van der Waals surface area contributed by atoms with E-state index in [-0.39, 0.29) is 11.8 Å². The quantitative estimate of drug-likeness (QED) is 0.546. The van der Waals surface area contributed by atoms with Gasteiger partial charge < -0.3 is 19.7 Å². The van der Waals surface area contributed by atoms with Crippen molar-refractivity contribution in [3.63, 3.8) is 0 Å². The molecule has 1 amide bonds. The molecule has 0 spiro atoms. The molecule has 2 aliphatic heterocycles. The Morgan fingerprint density at radius 3 is 2.71 bits per heavy atom. The van der Waals surface area contributed by atoms with Crippen LogP contribution in [-0.4, -0.2) is 75.8 Å². The Bertz CT molecular complexity index is 725. The first-order chi connectivity index (χ1) is 14.9. The zero-order valence-corrected chi connectivity index (χ0v) is 20.1. The molecule has 0 aliphatic carbocycles. The van der Waals surface area contributed by atoms with E-state index in [1.54, 1.807) is 0 Å². The highest BCUT2D eigenvalue weighted by atomic mass is 16.5. The molecule has 0 aromatic heterocycles. The third-order valence-electron chi connectivity index (χ3n) is 6.89. The molecular formula is C25H41N3O3. The summed E-state index contributed by atoms with van der Waals surface area (Å²) in [5.74, 6) is 1.76. The number of amides is 1. The Morgan fingerprint density at radius 1 is 1.26 bits per heavy atom. The Hall–Kier alpha value is -1.63. The van der Waals surface area contributed by atoms with Gasteiger partial charge in [0.2, 0.25) is 5.91 Å². The summed E-state index contributed by atoms with van der Waals surface area (Å²) in [6.07, 6.45) is 3.09. The molecule has 2 saturated heterocycles. The largest absolute Gasteiger partial charge is 0.493 e. The number of carbonyl (C=O) groups excluding carboxylic acids is 1. The molecule has 174 valence electrons. The maximum atomic E-state index is 12.2. The van der Waals surface area contributed by atoms with Crippen molar-refractivity contribution in [1.82, 2.24) is 15.1 Å². The first kappa shape index (κ1) is 24.0. The van der Waals surface area contributed by atoms with Crippen LogP contribution >= 0.6 is 0 Å². The molecule has 0 radical (unpaired) electrons. The van der Waals surface area contributed by atoms with Crippen LogP contribution in [0.1, 0.15) is 48.9 Å². The monoisotopic (exact) mass is 431 g/mol. The van der Waals surface area contributed by atoms with Crippen molar-refractivity contribution in [2.24, 2.45) is 11.8 Å². The molecule has 2 fully saturated rings. The number of rotatable bonds is 11. The van der Waals surface area contributed by atoms with E-state index in [0.29, 0.717) is 25.2 Å². The summed E-state index contributed by atoms with van der Waals surface area (Å²) in [6.45, 7) is 12.7. The second kappa shape index (κ2) is 11.3. The normalized spacial score (nSPS) is 20.6. The summed E-state index contributed by atoms with van der Waals surface area (Å²) < 4.78 is 11.4. The number of likely N-dealkylation sites (tertiary alicyclic amines) is 1. The summed E-state index contributed by atoms with van der Waals surface area (Å²) >= 11 is 0. The van der Waals surface area contributed by atoms with Gasteiger partial charge in [0, 0.05) is 38.2 Å². The average Bonchev–Trinajstić information content (AvgIpc) is 3.24. The van der Waals surface area contributed by atoms with E-state index in [9.17, 15) is 4.79 Å². The van der Waals surface area contributed by atoms with Gasteiger partial charge in [-0.05, 0) is 83.4 Å². The van der Waals surface area contributed by atoms with Crippen molar-refractivity contribution in [2.45, 2.75) is 46.1 Å². The minimum absolute atomic E-state index is 0.0504. The maximum Gasteiger partial charge on any atom is 0.225 e. The van der Waals surface area contributed by atoms with E-state index in [4.69, 9.17) is 9.47 Å². The summed E-state index contributed by atoms with van der Waals surface area (Å²) in [5, 5.41) is 3.12. The van der Waals surface area contributed by atoms with Crippen molar-refractivity contribution in [1.29, 1.82) is 0 Å². The van der Waals surface area contributed by atoms with E-state index in [0.717, 1.165) is 57.8 Å². The molecule has 2 heterocycles. The molecule has 2 atom stereocenters. The number of nitrogens with zero attached hydrogens (tertiary/aromatic N) is 2. The molecule has 2 unspecified atom stereocenters. The van der Waals surface area contributed by atoms with Gasteiger partial charge in [0.25, 0.3) is 0 Å². The number of hydrogen-bond acceptors (Lipinski definition) is 5. The van der Waals surface area contributed by atoms with Gasteiger partial charge in [-0.2, -0.15) is 0 Å². The van der Waals surface area contributed by atoms with Crippen LogP contribution in [0.5, 0.6) is 5.75 Å². The van der Waals surface area contributed by atoms with Gasteiger partial charge in [-0.15, -0.1) is 0 Å². The minimum Gasteiger partial charge on any atom is -0.493 e. The Kier molecular flexibility index (Phi) is 8.76. The van der Waals surface area contributed by atoms with E-state index in [1.807, 2.05) is 0 Å². The van der Waals surface area contributed by atoms with Crippen LogP contribution in [0.4, 0.5) is 0 Å². The van der Waals surface area contributed by atoms with E-state index >= 15 is 0 Å². The van der Waals surface area contributed by atoms with Gasteiger partial charge in [-0.25, -0.2) is 0 Å². The molecule has 1 aromatic rings. The van der Waals surface area contributed by atoms with Crippen LogP contribution < -0.4 is 10.1 Å². The Morgan fingerprint density at radius 2 is 2.03 bits per heavy atom. The second-order valence-corrected chi connectivity index (χ2v) is 9.56. The fourth-order valence-electron chi connectivity index (χ4n) is 4.52. The lowest BCUT2D eigenvalue weighted by molar-refractivity contribution is -0.125. The lowest BCUT2D eigenvalue weighted by Crippen LogP contribution is -2.52. The first-order valence-electron chi connectivity index (χ1n) is 11.8. The number of unbranched alkanes of at least 4 members (excludes halogenated alkanes) is 1. The molecule has 6 heteroatoms. The third-order valence-corrected chi connectivity index (χ3v) is 6.89. The van der Waals surface area contributed by atoms with Gasteiger partial charge >= 0.3 is 0 Å². The first-order valence-corrected chi connectivity index (χ1v) is 11.8. The predicted octanol–water partition coefficient (Wildman–Crippen LogP) is 3.17. The van der Waals surface area contributed by atoms with Gasteiger partial charge in [-0.3, -0.25) is 9.69 Å². The minimum atomic E-state index is 0.0504. The maximum absolute atomic E-state index is 12.2. The van der Waals surface area contributed by atoms with Crippen molar-refractivity contribution in [3.05, 3.63) is 28.8 Å². The van der Waals surface area contributed by atoms with Gasteiger partial charge in [0.1, 0.15) is 5.75 Å². The predicted molar refractivity (Wildman–Crippen MR) is 125 cm³/mol. The molecule has 6 nitrogen and oxygen atoms in total. The van der Waals surface area contributed by atoms with Crippen LogP contribution in [0.2, 0.25) is 0 Å². The lowest BCUT2D eigenvalue weighted by atomic mass is 9.91. The highest BCUT2D eigenvalue weighted by molar-refractivity contribution is 5.79. The number of benzene rings is 1. The van der Waals surface area contributed by atoms with Crippen molar-refractivity contribution < 1.29 is 14.3 Å². The van der Waals surface area contributed by atoms with Crippen LogP contribution in [0.15, 0.2) is 12.1 Å². The SMILES string of the molecule is Cc1c(OCCCCN(C)C)ccc(C(C)N2CC(CNC(=O)C3CCOC3)C2)c1C.